The van der Waals surface area contributed by atoms with Gasteiger partial charge in [0, 0.05) is 24.7 Å². The third kappa shape index (κ3) is 3.00. The fourth-order valence-corrected chi connectivity index (χ4v) is 3.09. The first-order valence-corrected chi connectivity index (χ1v) is 7.62. The quantitative estimate of drug-likeness (QED) is 0.904. The monoisotopic (exact) mass is 269 g/mol. The molecule has 1 aliphatic rings. The second kappa shape index (κ2) is 6.33. The summed E-state index contributed by atoms with van der Waals surface area (Å²) in [5.74, 6) is 0.804. The number of likely N-dealkylation sites (tertiary alicyclic amines) is 1. The summed E-state index contributed by atoms with van der Waals surface area (Å²) in [5, 5.41) is 4.84. The second-order valence-corrected chi connectivity index (χ2v) is 5.67. The molecule has 0 spiro atoms. The van der Waals surface area contributed by atoms with Crippen LogP contribution < -0.4 is 5.32 Å². The van der Waals surface area contributed by atoms with Crippen molar-refractivity contribution in [1.29, 1.82) is 0 Å². The molecule has 1 aromatic heterocycles. The molecular formula is C17H23N3. The van der Waals surface area contributed by atoms with Crippen molar-refractivity contribution in [2.45, 2.75) is 19.9 Å². The summed E-state index contributed by atoms with van der Waals surface area (Å²) in [6, 6.07) is 10.5. The van der Waals surface area contributed by atoms with Gasteiger partial charge in [0.05, 0.1) is 5.52 Å². The number of benzene rings is 1. The van der Waals surface area contributed by atoms with Crippen LogP contribution in [0.2, 0.25) is 0 Å². The molecule has 2 heterocycles. The van der Waals surface area contributed by atoms with E-state index < -0.39 is 0 Å². The highest BCUT2D eigenvalue weighted by atomic mass is 15.1. The van der Waals surface area contributed by atoms with Gasteiger partial charge in [-0.15, -0.1) is 0 Å². The SMILES string of the molecule is CCN1CCC(CNCc2cccc3cccnc23)C1. The maximum absolute atomic E-state index is 4.51. The van der Waals surface area contributed by atoms with E-state index in [4.69, 9.17) is 0 Å². The summed E-state index contributed by atoms with van der Waals surface area (Å²) in [4.78, 5) is 7.04. The number of nitrogens with zero attached hydrogens (tertiary/aromatic N) is 2. The van der Waals surface area contributed by atoms with Crippen molar-refractivity contribution in [2.24, 2.45) is 5.92 Å². The van der Waals surface area contributed by atoms with E-state index in [-0.39, 0.29) is 0 Å². The van der Waals surface area contributed by atoms with E-state index in [9.17, 15) is 0 Å². The van der Waals surface area contributed by atoms with Gasteiger partial charge in [-0.1, -0.05) is 31.2 Å². The number of fused-ring (bicyclic) bond motifs is 1. The summed E-state index contributed by atoms with van der Waals surface area (Å²) < 4.78 is 0. The van der Waals surface area contributed by atoms with Gasteiger partial charge in [-0.25, -0.2) is 0 Å². The number of rotatable bonds is 5. The Balaban J connectivity index is 1.58. The Morgan fingerprint density at radius 1 is 1.30 bits per heavy atom. The van der Waals surface area contributed by atoms with Gasteiger partial charge >= 0.3 is 0 Å². The van der Waals surface area contributed by atoms with Crippen LogP contribution in [0, 0.1) is 5.92 Å². The molecule has 1 aliphatic heterocycles. The highest BCUT2D eigenvalue weighted by Crippen LogP contribution is 2.17. The Bertz CT molecular complexity index is 562. The lowest BCUT2D eigenvalue weighted by Gasteiger charge is -2.14. The third-order valence-electron chi connectivity index (χ3n) is 4.28. The third-order valence-corrected chi connectivity index (χ3v) is 4.28. The van der Waals surface area contributed by atoms with E-state index in [1.165, 1.54) is 37.0 Å². The largest absolute Gasteiger partial charge is 0.312 e. The number of hydrogen-bond donors (Lipinski definition) is 1. The summed E-state index contributed by atoms with van der Waals surface area (Å²) in [6.07, 6.45) is 3.20. The summed E-state index contributed by atoms with van der Waals surface area (Å²) in [7, 11) is 0. The van der Waals surface area contributed by atoms with Crippen molar-refractivity contribution in [2.75, 3.05) is 26.2 Å². The standard InChI is InChI=1S/C17H23N3/c1-2-20-10-8-14(13-20)11-18-12-16-6-3-5-15-7-4-9-19-17(15)16/h3-7,9,14,18H,2,8,10-13H2,1H3. The molecular weight excluding hydrogens is 246 g/mol. The van der Waals surface area contributed by atoms with Crippen LogP contribution in [0.1, 0.15) is 18.9 Å². The number of hydrogen-bond acceptors (Lipinski definition) is 3. The lowest BCUT2D eigenvalue weighted by atomic mass is 10.1. The van der Waals surface area contributed by atoms with Gasteiger partial charge in [0.15, 0.2) is 0 Å². The van der Waals surface area contributed by atoms with E-state index in [2.05, 4.69) is 46.4 Å². The zero-order valence-electron chi connectivity index (χ0n) is 12.2. The van der Waals surface area contributed by atoms with Gasteiger partial charge in [0.25, 0.3) is 0 Å². The Kier molecular flexibility index (Phi) is 4.28. The van der Waals surface area contributed by atoms with Gasteiger partial charge in [-0.3, -0.25) is 4.98 Å². The van der Waals surface area contributed by atoms with E-state index in [1.807, 2.05) is 12.3 Å². The molecule has 0 aliphatic carbocycles. The van der Waals surface area contributed by atoms with Crippen LogP contribution >= 0.6 is 0 Å². The van der Waals surface area contributed by atoms with Crippen LogP contribution in [0.3, 0.4) is 0 Å². The molecule has 0 saturated carbocycles. The fraction of sp³-hybridized carbons (Fsp3) is 0.471. The number of pyridine rings is 1. The maximum atomic E-state index is 4.51. The normalized spacial score (nSPS) is 19.8. The Labute approximate surface area is 121 Å². The molecule has 1 unspecified atom stereocenters. The lowest BCUT2D eigenvalue weighted by molar-refractivity contribution is 0.339. The predicted octanol–water partition coefficient (Wildman–Crippen LogP) is 2.67. The van der Waals surface area contributed by atoms with Crippen molar-refractivity contribution in [3.8, 4) is 0 Å². The lowest BCUT2D eigenvalue weighted by Crippen LogP contribution is -2.26. The molecule has 20 heavy (non-hydrogen) atoms. The molecule has 3 nitrogen and oxygen atoms in total. The molecule has 1 N–H and O–H groups in total. The second-order valence-electron chi connectivity index (χ2n) is 5.67. The summed E-state index contributed by atoms with van der Waals surface area (Å²) in [6.45, 7) is 7.97. The van der Waals surface area contributed by atoms with Crippen molar-refractivity contribution in [1.82, 2.24) is 15.2 Å². The average molecular weight is 269 g/mol. The molecule has 0 radical (unpaired) electrons. The molecule has 1 saturated heterocycles. The van der Waals surface area contributed by atoms with Crippen LogP contribution in [-0.2, 0) is 6.54 Å². The highest BCUT2D eigenvalue weighted by molar-refractivity contribution is 5.81. The molecule has 0 amide bonds. The minimum Gasteiger partial charge on any atom is -0.312 e. The molecule has 0 bridgehead atoms. The summed E-state index contributed by atoms with van der Waals surface area (Å²) >= 11 is 0. The van der Waals surface area contributed by atoms with E-state index in [1.54, 1.807) is 0 Å². The van der Waals surface area contributed by atoms with Gasteiger partial charge in [-0.05, 0) is 43.6 Å². The van der Waals surface area contributed by atoms with Crippen LogP contribution in [0.15, 0.2) is 36.5 Å². The molecule has 2 aromatic rings. The minimum absolute atomic E-state index is 0.804. The molecule has 1 aromatic carbocycles. The zero-order valence-corrected chi connectivity index (χ0v) is 12.2. The topological polar surface area (TPSA) is 28.2 Å². The first-order chi connectivity index (χ1) is 9.86. The Hall–Kier alpha value is -1.45. The van der Waals surface area contributed by atoms with Crippen molar-refractivity contribution < 1.29 is 0 Å². The van der Waals surface area contributed by atoms with E-state index in [0.29, 0.717) is 0 Å². The molecule has 1 atom stereocenters. The van der Waals surface area contributed by atoms with Gasteiger partial charge in [0.1, 0.15) is 0 Å². The number of nitrogens with one attached hydrogen (secondary N) is 1. The first-order valence-electron chi connectivity index (χ1n) is 7.62. The fourth-order valence-electron chi connectivity index (χ4n) is 3.09. The van der Waals surface area contributed by atoms with Gasteiger partial charge in [0.2, 0.25) is 0 Å². The molecule has 3 heteroatoms. The highest BCUT2D eigenvalue weighted by Gasteiger charge is 2.20. The zero-order chi connectivity index (χ0) is 13.8. The van der Waals surface area contributed by atoms with Gasteiger partial charge in [-0.2, -0.15) is 0 Å². The van der Waals surface area contributed by atoms with Crippen molar-refractivity contribution in [3.63, 3.8) is 0 Å². The van der Waals surface area contributed by atoms with E-state index >= 15 is 0 Å². The van der Waals surface area contributed by atoms with Crippen LogP contribution in [0.4, 0.5) is 0 Å². The molecule has 3 rings (SSSR count). The molecule has 106 valence electrons. The van der Waals surface area contributed by atoms with Gasteiger partial charge < -0.3 is 10.2 Å². The van der Waals surface area contributed by atoms with Crippen molar-refractivity contribution in [3.05, 3.63) is 42.1 Å². The summed E-state index contributed by atoms with van der Waals surface area (Å²) in [5.41, 5.74) is 2.43. The first kappa shape index (κ1) is 13.5. The Morgan fingerprint density at radius 3 is 3.05 bits per heavy atom. The number of para-hydroxylation sites is 1. The Morgan fingerprint density at radius 2 is 2.20 bits per heavy atom. The maximum Gasteiger partial charge on any atom is 0.0746 e. The average Bonchev–Trinajstić information content (AvgIpc) is 2.95. The minimum atomic E-state index is 0.804. The predicted molar refractivity (Wildman–Crippen MR) is 83.7 cm³/mol. The number of aromatic nitrogens is 1. The van der Waals surface area contributed by atoms with E-state index in [0.717, 1.165) is 24.5 Å². The van der Waals surface area contributed by atoms with Crippen LogP contribution in [0.25, 0.3) is 10.9 Å². The van der Waals surface area contributed by atoms with Crippen LogP contribution in [0.5, 0.6) is 0 Å². The smallest absolute Gasteiger partial charge is 0.0746 e. The molecule has 1 fully saturated rings. The van der Waals surface area contributed by atoms with Crippen LogP contribution in [-0.4, -0.2) is 36.1 Å². The van der Waals surface area contributed by atoms with Crippen molar-refractivity contribution >= 4 is 10.9 Å².